The molecule has 2 aromatic heterocycles. The Bertz CT molecular complexity index is 824. The zero-order chi connectivity index (χ0) is 15.0. The third kappa shape index (κ3) is 2.65. The van der Waals surface area contributed by atoms with E-state index < -0.39 is 17.7 Å². The summed E-state index contributed by atoms with van der Waals surface area (Å²) in [7, 11) is 0. The van der Waals surface area contributed by atoms with E-state index in [1.54, 1.807) is 6.07 Å². The Morgan fingerprint density at radius 2 is 1.95 bits per heavy atom. The molecule has 0 aliphatic rings. The highest BCUT2D eigenvalue weighted by Crippen LogP contribution is 2.30. The maximum absolute atomic E-state index is 13.8. The van der Waals surface area contributed by atoms with Gasteiger partial charge in [-0.2, -0.15) is 0 Å². The minimum atomic E-state index is -1.22. The van der Waals surface area contributed by atoms with Gasteiger partial charge in [-0.3, -0.25) is 4.79 Å². The first-order valence-corrected chi connectivity index (χ1v) is 7.55. The summed E-state index contributed by atoms with van der Waals surface area (Å²) in [6.45, 7) is 0. The molecule has 0 spiro atoms. The molecule has 0 atom stereocenters. The van der Waals surface area contributed by atoms with Crippen molar-refractivity contribution in [2.75, 3.05) is 5.32 Å². The van der Waals surface area contributed by atoms with E-state index in [0.717, 1.165) is 15.5 Å². The number of carboxylic acids is 1. The van der Waals surface area contributed by atoms with Gasteiger partial charge in [0.25, 0.3) is 5.91 Å². The Morgan fingerprint density at radius 3 is 2.62 bits per heavy atom. The summed E-state index contributed by atoms with van der Waals surface area (Å²) in [4.78, 5) is 23.3. The maximum atomic E-state index is 13.8. The van der Waals surface area contributed by atoms with E-state index >= 15 is 0 Å². The van der Waals surface area contributed by atoms with E-state index in [1.807, 2.05) is 11.4 Å². The number of thiophene rings is 2. The number of rotatable bonds is 3. The highest BCUT2D eigenvalue weighted by Gasteiger charge is 2.14. The van der Waals surface area contributed by atoms with Gasteiger partial charge in [0, 0.05) is 9.40 Å². The van der Waals surface area contributed by atoms with Crippen LogP contribution in [0.25, 0.3) is 9.40 Å². The largest absolute Gasteiger partial charge is 0.478 e. The van der Waals surface area contributed by atoms with Crippen LogP contribution >= 0.6 is 22.7 Å². The normalized spacial score (nSPS) is 10.7. The lowest BCUT2D eigenvalue weighted by Gasteiger charge is -2.05. The molecular formula is C14H8FNO3S2. The number of aromatic carboxylic acids is 1. The van der Waals surface area contributed by atoms with Gasteiger partial charge in [-0.15, -0.1) is 22.7 Å². The molecule has 4 nitrogen and oxygen atoms in total. The first-order chi connectivity index (χ1) is 10.0. The van der Waals surface area contributed by atoms with Crippen LogP contribution in [0.1, 0.15) is 20.0 Å². The van der Waals surface area contributed by atoms with Crippen LogP contribution in [0.3, 0.4) is 0 Å². The van der Waals surface area contributed by atoms with Crippen LogP contribution in [-0.2, 0) is 0 Å². The molecule has 0 aliphatic heterocycles. The summed E-state index contributed by atoms with van der Waals surface area (Å²) in [5.41, 5.74) is -0.205. The number of carbonyl (C=O) groups excluding carboxylic acids is 1. The number of amides is 1. The van der Waals surface area contributed by atoms with Crippen molar-refractivity contribution in [2.45, 2.75) is 0 Å². The Kier molecular flexibility index (Phi) is 3.44. The maximum Gasteiger partial charge on any atom is 0.335 e. The summed E-state index contributed by atoms with van der Waals surface area (Å²) in [6, 6.07) is 7.04. The fourth-order valence-electron chi connectivity index (χ4n) is 1.81. The first kappa shape index (κ1) is 13.7. The highest BCUT2D eigenvalue weighted by atomic mass is 32.1. The van der Waals surface area contributed by atoms with Gasteiger partial charge >= 0.3 is 5.97 Å². The molecule has 0 aliphatic carbocycles. The fraction of sp³-hybridized carbons (Fsp3) is 0. The summed E-state index contributed by atoms with van der Waals surface area (Å²) < 4.78 is 15.8. The Morgan fingerprint density at radius 1 is 1.14 bits per heavy atom. The molecule has 106 valence electrons. The van der Waals surface area contributed by atoms with Crippen LogP contribution in [0.2, 0.25) is 0 Å². The van der Waals surface area contributed by atoms with Crippen molar-refractivity contribution >= 4 is 49.6 Å². The van der Waals surface area contributed by atoms with E-state index in [1.165, 1.54) is 34.8 Å². The highest BCUT2D eigenvalue weighted by molar-refractivity contribution is 7.27. The van der Waals surface area contributed by atoms with Gasteiger partial charge in [-0.25, -0.2) is 9.18 Å². The lowest BCUT2D eigenvalue weighted by molar-refractivity contribution is 0.0696. The molecule has 0 fully saturated rings. The minimum absolute atomic E-state index is 0.0400. The molecule has 0 radical (unpaired) electrons. The molecule has 7 heteroatoms. The number of fused-ring (bicyclic) bond motifs is 1. The van der Waals surface area contributed by atoms with Crippen LogP contribution in [0.15, 0.2) is 35.7 Å². The van der Waals surface area contributed by atoms with Gasteiger partial charge in [0.05, 0.1) is 16.1 Å². The van der Waals surface area contributed by atoms with Gasteiger partial charge in [0.1, 0.15) is 5.82 Å². The fourth-order valence-corrected chi connectivity index (χ4v) is 3.82. The number of hydrogen-bond acceptors (Lipinski definition) is 4. The summed E-state index contributed by atoms with van der Waals surface area (Å²) in [5, 5.41) is 13.2. The quantitative estimate of drug-likeness (QED) is 0.764. The van der Waals surface area contributed by atoms with Gasteiger partial charge in [-0.05, 0) is 35.7 Å². The van der Waals surface area contributed by atoms with E-state index in [9.17, 15) is 14.0 Å². The number of benzene rings is 1. The number of anilines is 1. The van der Waals surface area contributed by atoms with Crippen molar-refractivity contribution in [3.8, 4) is 0 Å². The predicted molar refractivity (Wildman–Crippen MR) is 81.0 cm³/mol. The molecule has 0 saturated heterocycles. The van der Waals surface area contributed by atoms with E-state index in [-0.39, 0.29) is 11.3 Å². The van der Waals surface area contributed by atoms with E-state index in [0.29, 0.717) is 4.88 Å². The summed E-state index contributed by atoms with van der Waals surface area (Å²) >= 11 is 2.86. The Balaban J connectivity index is 1.84. The SMILES string of the molecule is O=C(O)c1ccc(NC(=O)c2cc3sccc3s2)c(F)c1. The van der Waals surface area contributed by atoms with Gasteiger partial charge < -0.3 is 10.4 Å². The van der Waals surface area contributed by atoms with Crippen LogP contribution in [0, 0.1) is 5.82 Å². The molecule has 2 N–H and O–H groups in total. The number of carbonyl (C=O) groups is 2. The van der Waals surface area contributed by atoms with Crippen molar-refractivity contribution in [2.24, 2.45) is 0 Å². The van der Waals surface area contributed by atoms with E-state index in [2.05, 4.69) is 5.32 Å². The molecule has 1 aromatic carbocycles. The molecule has 0 bridgehead atoms. The third-order valence-electron chi connectivity index (χ3n) is 2.83. The summed E-state index contributed by atoms with van der Waals surface area (Å²) in [5.74, 6) is -2.41. The second-order valence-corrected chi connectivity index (χ2v) is 6.25. The second kappa shape index (κ2) is 5.27. The van der Waals surface area contributed by atoms with Crippen LogP contribution in [0.5, 0.6) is 0 Å². The van der Waals surface area contributed by atoms with Crippen molar-refractivity contribution in [1.29, 1.82) is 0 Å². The van der Waals surface area contributed by atoms with E-state index in [4.69, 9.17) is 5.11 Å². The van der Waals surface area contributed by atoms with Crippen molar-refractivity contribution in [3.63, 3.8) is 0 Å². The number of hydrogen-bond donors (Lipinski definition) is 2. The van der Waals surface area contributed by atoms with Crippen LogP contribution in [-0.4, -0.2) is 17.0 Å². The zero-order valence-corrected chi connectivity index (χ0v) is 12.1. The van der Waals surface area contributed by atoms with Gasteiger partial charge in [0.2, 0.25) is 0 Å². The lowest BCUT2D eigenvalue weighted by Crippen LogP contribution is -2.12. The van der Waals surface area contributed by atoms with Gasteiger partial charge in [-0.1, -0.05) is 0 Å². The molecule has 3 rings (SSSR count). The topological polar surface area (TPSA) is 66.4 Å². The molecular weight excluding hydrogens is 313 g/mol. The Hall–Kier alpha value is -2.25. The smallest absolute Gasteiger partial charge is 0.335 e. The lowest BCUT2D eigenvalue weighted by atomic mass is 10.2. The second-order valence-electron chi connectivity index (χ2n) is 4.21. The molecule has 0 saturated carbocycles. The van der Waals surface area contributed by atoms with Crippen molar-refractivity contribution in [1.82, 2.24) is 0 Å². The monoisotopic (exact) mass is 321 g/mol. The van der Waals surface area contributed by atoms with Crippen LogP contribution < -0.4 is 5.32 Å². The predicted octanol–water partition coefficient (Wildman–Crippen LogP) is 4.05. The average Bonchev–Trinajstić information content (AvgIpc) is 3.01. The van der Waals surface area contributed by atoms with Crippen molar-refractivity contribution < 1.29 is 19.1 Å². The molecule has 21 heavy (non-hydrogen) atoms. The minimum Gasteiger partial charge on any atom is -0.478 e. The standard InChI is InChI=1S/C14H8FNO3S2/c15-8-5-7(14(18)19)1-2-9(8)16-13(17)12-6-11-10(21-12)3-4-20-11/h1-6H,(H,16,17)(H,18,19). The molecule has 3 aromatic rings. The first-order valence-electron chi connectivity index (χ1n) is 5.86. The van der Waals surface area contributed by atoms with Crippen LogP contribution in [0.4, 0.5) is 10.1 Å². The average molecular weight is 321 g/mol. The van der Waals surface area contributed by atoms with Gasteiger partial charge in [0.15, 0.2) is 0 Å². The number of nitrogens with one attached hydrogen (secondary N) is 1. The number of carboxylic acid groups (broad SMARTS) is 1. The molecule has 2 heterocycles. The molecule has 1 amide bonds. The number of halogens is 1. The third-order valence-corrected chi connectivity index (χ3v) is 4.92. The zero-order valence-electron chi connectivity index (χ0n) is 10.4. The van der Waals surface area contributed by atoms with Crippen molar-refractivity contribution in [3.05, 3.63) is 52.0 Å². The Labute approximate surface area is 126 Å². The molecule has 0 unspecified atom stereocenters. The summed E-state index contributed by atoms with van der Waals surface area (Å²) in [6.07, 6.45) is 0.